The Balaban J connectivity index is 2.41. The minimum atomic E-state index is -3.64. The number of ether oxygens (including phenoxy) is 1. The van der Waals surface area contributed by atoms with Crippen LogP contribution in [-0.2, 0) is 20.6 Å². The van der Waals surface area contributed by atoms with Gasteiger partial charge in [0.05, 0.1) is 23.5 Å². The monoisotopic (exact) mass is 321 g/mol. The summed E-state index contributed by atoms with van der Waals surface area (Å²) in [5, 5.41) is 0. The molecule has 1 atom stereocenters. The lowest BCUT2D eigenvalue weighted by molar-refractivity contribution is 0.0102. The van der Waals surface area contributed by atoms with Crippen molar-refractivity contribution in [1.82, 2.24) is 4.31 Å². The van der Waals surface area contributed by atoms with Crippen LogP contribution >= 0.6 is 11.6 Å². The number of hydrogen-bond acceptors (Lipinski definition) is 3. The normalized spacial score (nSPS) is 21.1. The molecule has 1 saturated heterocycles. The van der Waals surface area contributed by atoms with Crippen LogP contribution < -0.4 is 0 Å². The summed E-state index contributed by atoms with van der Waals surface area (Å²) in [6.45, 7) is 4.32. The predicted molar refractivity (Wildman–Crippen MR) is 74.9 cm³/mol. The van der Waals surface area contributed by atoms with Crippen LogP contribution in [0, 0.1) is 12.7 Å². The van der Waals surface area contributed by atoms with Crippen molar-refractivity contribution in [3.05, 3.63) is 29.1 Å². The first kappa shape index (κ1) is 15.7. The van der Waals surface area contributed by atoms with Crippen molar-refractivity contribution in [3.8, 4) is 0 Å². The molecule has 0 spiro atoms. The van der Waals surface area contributed by atoms with Crippen molar-refractivity contribution in [2.75, 3.05) is 19.7 Å². The second kappa shape index (κ2) is 5.97. The van der Waals surface area contributed by atoms with Crippen molar-refractivity contribution >= 4 is 21.6 Å². The molecule has 2 rings (SSSR count). The van der Waals surface area contributed by atoms with Crippen molar-refractivity contribution in [1.29, 1.82) is 0 Å². The van der Waals surface area contributed by atoms with Crippen molar-refractivity contribution in [2.45, 2.75) is 30.7 Å². The summed E-state index contributed by atoms with van der Waals surface area (Å²) >= 11 is 5.67. The van der Waals surface area contributed by atoms with E-state index in [4.69, 9.17) is 16.3 Å². The fraction of sp³-hybridized carbons (Fsp3) is 0.538. The quantitative estimate of drug-likeness (QED) is 0.802. The van der Waals surface area contributed by atoms with E-state index in [0.29, 0.717) is 19.7 Å². The lowest BCUT2D eigenvalue weighted by Gasteiger charge is -2.30. The van der Waals surface area contributed by atoms with E-state index in [0.717, 1.165) is 0 Å². The van der Waals surface area contributed by atoms with E-state index < -0.39 is 15.8 Å². The maximum absolute atomic E-state index is 13.8. The second-order valence-corrected chi connectivity index (χ2v) is 7.10. The summed E-state index contributed by atoms with van der Waals surface area (Å²) in [6.07, 6.45) is -0.146. The maximum Gasteiger partial charge on any atom is 0.243 e. The Morgan fingerprint density at radius 2 is 2.20 bits per heavy atom. The molecule has 1 unspecified atom stereocenters. The lowest BCUT2D eigenvalue weighted by Crippen LogP contribution is -2.44. The van der Waals surface area contributed by atoms with Crippen LogP contribution in [0.15, 0.2) is 17.0 Å². The third-order valence-corrected chi connectivity index (χ3v) is 5.42. The number of benzene rings is 1. The van der Waals surface area contributed by atoms with Gasteiger partial charge in [0.1, 0.15) is 5.82 Å². The van der Waals surface area contributed by atoms with E-state index in [9.17, 15) is 12.8 Å². The third-order valence-electron chi connectivity index (χ3n) is 3.29. The Morgan fingerprint density at radius 1 is 1.50 bits per heavy atom. The number of aryl methyl sites for hydroxylation is 1. The van der Waals surface area contributed by atoms with Crippen molar-refractivity contribution < 1.29 is 17.5 Å². The van der Waals surface area contributed by atoms with E-state index in [-0.39, 0.29) is 28.0 Å². The van der Waals surface area contributed by atoms with E-state index >= 15 is 0 Å². The minimum Gasteiger partial charge on any atom is -0.376 e. The van der Waals surface area contributed by atoms with E-state index in [2.05, 4.69) is 0 Å². The first-order valence-electron chi connectivity index (χ1n) is 6.33. The van der Waals surface area contributed by atoms with Gasteiger partial charge in [-0.2, -0.15) is 4.31 Å². The van der Waals surface area contributed by atoms with Gasteiger partial charge >= 0.3 is 0 Å². The van der Waals surface area contributed by atoms with Crippen LogP contribution in [-0.4, -0.2) is 38.5 Å². The van der Waals surface area contributed by atoms with E-state index in [1.165, 1.54) is 23.4 Å². The van der Waals surface area contributed by atoms with Gasteiger partial charge in [0.25, 0.3) is 0 Å². The molecule has 0 aliphatic carbocycles. The number of sulfonamides is 1. The average molecular weight is 322 g/mol. The average Bonchev–Trinajstić information content (AvgIpc) is 2.41. The molecule has 1 heterocycles. The number of halogens is 2. The predicted octanol–water partition coefficient (Wildman–Crippen LogP) is 2.28. The highest BCUT2D eigenvalue weighted by molar-refractivity contribution is 7.89. The Kier molecular flexibility index (Phi) is 4.69. The molecule has 1 aliphatic rings. The lowest BCUT2D eigenvalue weighted by atomic mass is 10.1. The molecule has 1 aliphatic heterocycles. The maximum atomic E-state index is 13.8. The molecule has 0 bridgehead atoms. The molecule has 0 radical (unpaired) electrons. The summed E-state index contributed by atoms with van der Waals surface area (Å²) < 4.78 is 45.6. The number of nitrogens with zero attached hydrogens (tertiary/aromatic N) is 1. The van der Waals surface area contributed by atoms with Gasteiger partial charge in [0.2, 0.25) is 10.0 Å². The molecular weight excluding hydrogens is 305 g/mol. The molecule has 0 amide bonds. The largest absolute Gasteiger partial charge is 0.376 e. The Morgan fingerprint density at radius 3 is 2.80 bits per heavy atom. The molecule has 4 nitrogen and oxygen atoms in total. The Bertz CT molecular complexity index is 606. The number of hydrogen-bond donors (Lipinski definition) is 0. The first-order valence-corrected chi connectivity index (χ1v) is 8.30. The van der Waals surface area contributed by atoms with Gasteiger partial charge in [0.15, 0.2) is 0 Å². The molecular formula is C13H17ClFNO3S. The van der Waals surface area contributed by atoms with Gasteiger partial charge in [-0.25, -0.2) is 12.8 Å². The standard InChI is InChI=1S/C13H17ClFNO3S/c1-9-5-12(6-11(7-14)13(9)15)20(17,18)16-3-4-19-10(2)8-16/h5-6,10H,3-4,7-8H2,1-2H3. The Hall–Kier alpha value is -0.690. The number of rotatable bonds is 3. The van der Waals surface area contributed by atoms with Crippen molar-refractivity contribution in [2.24, 2.45) is 0 Å². The van der Waals surface area contributed by atoms with Crippen LogP contribution in [0.2, 0.25) is 0 Å². The molecule has 1 aromatic rings. The molecule has 0 saturated carbocycles. The van der Waals surface area contributed by atoms with Gasteiger partial charge < -0.3 is 4.74 Å². The van der Waals surface area contributed by atoms with Gasteiger partial charge in [0, 0.05) is 18.7 Å². The number of alkyl halides is 1. The number of morpholine rings is 1. The first-order chi connectivity index (χ1) is 9.36. The van der Waals surface area contributed by atoms with Crippen LogP contribution in [0.5, 0.6) is 0 Å². The summed E-state index contributed by atoms with van der Waals surface area (Å²) in [5.41, 5.74) is 0.481. The zero-order valence-electron chi connectivity index (χ0n) is 11.4. The second-order valence-electron chi connectivity index (χ2n) is 4.89. The SMILES string of the molecule is Cc1cc(S(=O)(=O)N2CCOC(C)C2)cc(CCl)c1F. The van der Waals surface area contributed by atoms with Gasteiger partial charge in [-0.3, -0.25) is 0 Å². The molecule has 0 aromatic heterocycles. The Labute approximate surface area is 123 Å². The van der Waals surface area contributed by atoms with Crippen LogP contribution in [0.25, 0.3) is 0 Å². The summed E-state index contributed by atoms with van der Waals surface area (Å²) in [5.74, 6) is -0.510. The third kappa shape index (κ3) is 2.98. The van der Waals surface area contributed by atoms with Crippen LogP contribution in [0.3, 0.4) is 0 Å². The molecule has 112 valence electrons. The molecule has 1 fully saturated rings. The summed E-state index contributed by atoms with van der Waals surface area (Å²) in [7, 11) is -3.64. The fourth-order valence-electron chi connectivity index (χ4n) is 2.21. The van der Waals surface area contributed by atoms with Crippen LogP contribution in [0.1, 0.15) is 18.1 Å². The highest BCUT2D eigenvalue weighted by Crippen LogP contribution is 2.24. The van der Waals surface area contributed by atoms with Gasteiger partial charge in [-0.1, -0.05) is 0 Å². The van der Waals surface area contributed by atoms with E-state index in [1.807, 2.05) is 6.92 Å². The van der Waals surface area contributed by atoms with Crippen LogP contribution in [0.4, 0.5) is 4.39 Å². The zero-order valence-corrected chi connectivity index (χ0v) is 13.0. The topological polar surface area (TPSA) is 46.6 Å². The highest BCUT2D eigenvalue weighted by atomic mass is 35.5. The van der Waals surface area contributed by atoms with Gasteiger partial charge in [-0.05, 0) is 31.5 Å². The summed E-state index contributed by atoms with van der Waals surface area (Å²) in [6, 6.07) is 2.66. The smallest absolute Gasteiger partial charge is 0.243 e. The molecule has 20 heavy (non-hydrogen) atoms. The van der Waals surface area contributed by atoms with E-state index in [1.54, 1.807) is 0 Å². The summed E-state index contributed by atoms with van der Waals surface area (Å²) in [4.78, 5) is 0.0844. The van der Waals surface area contributed by atoms with Gasteiger partial charge in [-0.15, -0.1) is 11.6 Å². The minimum absolute atomic E-state index is 0.0600. The fourth-order valence-corrected chi connectivity index (χ4v) is 4.04. The molecule has 0 N–H and O–H groups in total. The molecule has 7 heteroatoms. The zero-order chi connectivity index (χ0) is 14.9. The highest BCUT2D eigenvalue weighted by Gasteiger charge is 2.30. The molecule has 1 aromatic carbocycles. The van der Waals surface area contributed by atoms with Crippen molar-refractivity contribution in [3.63, 3.8) is 0 Å².